The van der Waals surface area contributed by atoms with Gasteiger partial charge in [-0.25, -0.2) is 9.59 Å². The number of esters is 2. The number of aliphatic hydroxyl groups excluding tert-OH is 1. The number of aliphatic hydroxyl groups is 1. The van der Waals surface area contributed by atoms with E-state index in [9.17, 15) is 9.59 Å². The summed E-state index contributed by atoms with van der Waals surface area (Å²) in [6.07, 6.45) is 2.80. The minimum absolute atomic E-state index is 0.00650. The molecule has 0 saturated carbocycles. The minimum Gasteiger partial charge on any atom is -0.466 e. The third-order valence-electron chi connectivity index (χ3n) is 3.03. The Hall–Kier alpha value is -2.87. The van der Waals surface area contributed by atoms with Gasteiger partial charge in [0.1, 0.15) is 5.70 Å². The monoisotopic (exact) mass is 319 g/mol. The van der Waals surface area contributed by atoms with Gasteiger partial charge in [-0.3, -0.25) is 4.68 Å². The highest BCUT2D eigenvalue weighted by Gasteiger charge is 2.13. The van der Waals surface area contributed by atoms with Gasteiger partial charge in [-0.15, -0.1) is 0 Å². The zero-order valence-corrected chi connectivity index (χ0v) is 12.8. The van der Waals surface area contributed by atoms with E-state index in [1.807, 2.05) is 0 Å². The number of ether oxygens (including phenoxy) is 2. The topological polar surface area (TPSA) is 103 Å². The summed E-state index contributed by atoms with van der Waals surface area (Å²) in [5, 5.41) is 16.9. The molecule has 122 valence electrons. The fourth-order valence-electron chi connectivity index (χ4n) is 1.96. The fourth-order valence-corrected chi connectivity index (χ4v) is 1.96. The summed E-state index contributed by atoms with van der Waals surface area (Å²) >= 11 is 0. The van der Waals surface area contributed by atoms with Gasteiger partial charge in [-0.1, -0.05) is 0 Å². The quantitative estimate of drug-likeness (QED) is 0.596. The zero-order valence-electron chi connectivity index (χ0n) is 12.8. The second-order valence-electron chi connectivity index (χ2n) is 4.59. The lowest BCUT2D eigenvalue weighted by atomic mass is 10.2. The van der Waals surface area contributed by atoms with Gasteiger partial charge in [0.2, 0.25) is 0 Å². The lowest BCUT2D eigenvalue weighted by Gasteiger charge is -2.08. The highest BCUT2D eigenvalue weighted by molar-refractivity contribution is 5.99. The first-order chi connectivity index (χ1) is 11.1. The second kappa shape index (κ2) is 7.41. The Morgan fingerprint density at radius 3 is 2.78 bits per heavy atom. The van der Waals surface area contributed by atoms with Crippen molar-refractivity contribution in [3.63, 3.8) is 0 Å². The lowest BCUT2D eigenvalue weighted by Crippen LogP contribution is -2.15. The van der Waals surface area contributed by atoms with E-state index in [1.54, 1.807) is 29.1 Å². The Labute approximate surface area is 132 Å². The molecule has 1 aromatic heterocycles. The Balaban J connectivity index is 2.28. The molecule has 0 fully saturated rings. The van der Waals surface area contributed by atoms with Crippen molar-refractivity contribution in [3.8, 4) is 0 Å². The van der Waals surface area contributed by atoms with Crippen molar-refractivity contribution in [2.45, 2.75) is 6.54 Å². The molecule has 0 aliphatic rings. The average Bonchev–Trinajstić information content (AvgIpc) is 2.95. The SMILES string of the molecule is COC(=O)/C=C(/Nc1ccc2nn(CCO)cc2c1)C(=O)OC. The first-order valence-electron chi connectivity index (χ1n) is 6.80. The third-order valence-corrected chi connectivity index (χ3v) is 3.03. The summed E-state index contributed by atoms with van der Waals surface area (Å²) in [7, 11) is 2.44. The largest absolute Gasteiger partial charge is 0.466 e. The molecule has 8 nitrogen and oxygen atoms in total. The molecule has 0 atom stereocenters. The van der Waals surface area contributed by atoms with Crippen LogP contribution in [0.15, 0.2) is 36.2 Å². The van der Waals surface area contributed by atoms with Crippen molar-refractivity contribution in [3.05, 3.63) is 36.2 Å². The van der Waals surface area contributed by atoms with E-state index in [0.29, 0.717) is 12.2 Å². The lowest BCUT2D eigenvalue weighted by molar-refractivity contribution is -0.138. The van der Waals surface area contributed by atoms with Crippen LogP contribution in [0.25, 0.3) is 10.9 Å². The van der Waals surface area contributed by atoms with Crippen LogP contribution in [0.3, 0.4) is 0 Å². The van der Waals surface area contributed by atoms with E-state index >= 15 is 0 Å². The van der Waals surface area contributed by atoms with Crippen LogP contribution in [-0.4, -0.2) is 47.7 Å². The summed E-state index contributed by atoms with van der Waals surface area (Å²) in [5.74, 6) is -1.36. The summed E-state index contributed by atoms with van der Waals surface area (Å²) < 4.78 is 10.8. The molecule has 0 unspecified atom stereocenters. The molecule has 8 heteroatoms. The number of nitrogens with one attached hydrogen (secondary N) is 1. The molecule has 0 aliphatic carbocycles. The Bertz CT molecular complexity index is 751. The molecule has 2 rings (SSSR count). The van der Waals surface area contributed by atoms with E-state index in [0.717, 1.165) is 17.0 Å². The second-order valence-corrected chi connectivity index (χ2v) is 4.59. The molecule has 0 spiro atoms. The van der Waals surface area contributed by atoms with E-state index in [-0.39, 0.29) is 12.3 Å². The van der Waals surface area contributed by atoms with Gasteiger partial charge in [-0.2, -0.15) is 5.10 Å². The number of hydrogen-bond acceptors (Lipinski definition) is 7. The standard InChI is InChI=1S/C15H17N3O5/c1-22-14(20)8-13(15(21)23-2)16-11-3-4-12-10(7-11)9-18(17-12)5-6-19/h3-4,7-9,16,19H,5-6H2,1-2H3/b13-8+. The first-order valence-corrected chi connectivity index (χ1v) is 6.80. The normalized spacial score (nSPS) is 11.3. The van der Waals surface area contributed by atoms with Crippen molar-refractivity contribution < 1.29 is 24.2 Å². The van der Waals surface area contributed by atoms with E-state index in [4.69, 9.17) is 5.11 Å². The van der Waals surface area contributed by atoms with Crippen LogP contribution in [-0.2, 0) is 25.6 Å². The molecule has 1 heterocycles. The maximum absolute atomic E-state index is 11.7. The zero-order chi connectivity index (χ0) is 16.8. The fraction of sp³-hybridized carbons (Fsp3) is 0.267. The van der Waals surface area contributed by atoms with Crippen molar-refractivity contribution in [2.75, 3.05) is 26.1 Å². The van der Waals surface area contributed by atoms with Crippen molar-refractivity contribution in [1.82, 2.24) is 9.78 Å². The summed E-state index contributed by atoms with van der Waals surface area (Å²) in [4.78, 5) is 23.1. The summed E-state index contributed by atoms with van der Waals surface area (Å²) in [5.41, 5.74) is 1.30. The highest BCUT2D eigenvalue weighted by Crippen LogP contribution is 2.19. The van der Waals surface area contributed by atoms with E-state index < -0.39 is 11.9 Å². The van der Waals surface area contributed by atoms with Crippen molar-refractivity contribution >= 4 is 28.5 Å². The number of rotatable bonds is 6. The molecule has 0 amide bonds. The predicted molar refractivity (Wildman–Crippen MR) is 82.6 cm³/mol. The number of methoxy groups -OCH3 is 2. The minimum atomic E-state index is -0.688. The first kappa shape index (κ1) is 16.5. The van der Waals surface area contributed by atoms with Gasteiger partial charge >= 0.3 is 11.9 Å². The van der Waals surface area contributed by atoms with Crippen LogP contribution in [0, 0.1) is 0 Å². The van der Waals surface area contributed by atoms with Crippen LogP contribution < -0.4 is 5.32 Å². The summed E-state index contributed by atoms with van der Waals surface area (Å²) in [6, 6.07) is 5.25. The molecule has 0 saturated heterocycles. The Kier molecular flexibility index (Phi) is 5.32. The number of benzene rings is 1. The molecular weight excluding hydrogens is 302 g/mol. The van der Waals surface area contributed by atoms with Crippen molar-refractivity contribution in [1.29, 1.82) is 0 Å². The van der Waals surface area contributed by atoms with Gasteiger partial charge in [0, 0.05) is 17.3 Å². The van der Waals surface area contributed by atoms with Crippen LogP contribution in [0.2, 0.25) is 0 Å². The third kappa shape index (κ3) is 4.07. The molecular formula is C15H17N3O5. The van der Waals surface area contributed by atoms with Crippen molar-refractivity contribution in [2.24, 2.45) is 0 Å². The van der Waals surface area contributed by atoms with Gasteiger partial charge in [-0.05, 0) is 18.2 Å². The van der Waals surface area contributed by atoms with Gasteiger partial charge in [0.15, 0.2) is 0 Å². The molecule has 2 aromatic rings. The molecule has 0 bridgehead atoms. The smallest absolute Gasteiger partial charge is 0.354 e. The summed E-state index contributed by atoms with van der Waals surface area (Å²) in [6.45, 7) is 0.389. The molecule has 23 heavy (non-hydrogen) atoms. The number of nitrogens with zero attached hydrogens (tertiary/aromatic N) is 2. The van der Waals surface area contributed by atoms with Crippen LogP contribution in [0.4, 0.5) is 5.69 Å². The Morgan fingerprint density at radius 1 is 1.35 bits per heavy atom. The van der Waals surface area contributed by atoms with Crippen LogP contribution in [0.5, 0.6) is 0 Å². The average molecular weight is 319 g/mol. The van der Waals surface area contributed by atoms with E-state index in [1.165, 1.54) is 14.2 Å². The number of hydrogen-bond donors (Lipinski definition) is 2. The molecule has 0 radical (unpaired) electrons. The molecule has 0 aliphatic heterocycles. The van der Waals surface area contributed by atoms with E-state index in [2.05, 4.69) is 19.9 Å². The van der Waals surface area contributed by atoms with Crippen LogP contribution >= 0.6 is 0 Å². The number of fused-ring (bicyclic) bond motifs is 1. The Morgan fingerprint density at radius 2 is 2.13 bits per heavy atom. The maximum atomic E-state index is 11.7. The van der Waals surface area contributed by atoms with Crippen LogP contribution in [0.1, 0.15) is 0 Å². The number of carbonyl (C=O) groups excluding carboxylic acids is 2. The van der Waals surface area contributed by atoms with Gasteiger partial charge < -0.3 is 19.9 Å². The maximum Gasteiger partial charge on any atom is 0.354 e. The predicted octanol–water partition coefficient (Wildman–Crippen LogP) is 0.670. The number of aromatic nitrogens is 2. The molecule has 2 N–H and O–H groups in total. The number of carbonyl (C=O) groups is 2. The number of anilines is 1. The van der Waals surface area contributed by atoms with Gasteiger partial charge in [0.25, 0.3) is 0 Å². The highest BCUT2D eigenvalue weighted by atomic mass is 16.5. The van der Waals surface area contributed by atoms with Gasteiger partial charge in [0.05, 0.1) is 39.0 Å². The molecule has 1 aromatic carbocycles.